The molecule has 4 amide bonds. The van der Waals surface area contributed by atoms with E-state index in [4.69, 9.17) is 4.74 Å². The number of alkyl halides is 3. The number of ether oxygens (including phenoxy) is 1. The third-order valence-electron chi connectivity index (χ3n) is 6.35. The molecule has 2 fully saturated rings. The molecule has 2 aliphatic rings. The zero-order valence-electron chi connectivity index (χ0n) is 20.8. The van der Waals surface area contributed by atoms with Crippen molar-refractivity contribution in [1.82, 2.24) is 14.8 Å². The molecule has 38 heavy (non-hydrogen) atoms. The summed E-state index contributed by atoms with van der Waals surface area (Å²) in [4.78, 5) is 46.7. The van der Waals surface area contributed by atoms with Gasteiger partial charge in [0.05, 0.1) is 5.56 Å². The zero-order valence-corrected chi connectivity index (χ0v) is 20.8. The quantitative estimate of drug-likeness (QED) is 0.399. The van der Waals surface area contributed by atoms with Gasteiger partial charge in [0.2, 0.25) is 0 Å². The summed E-state index contributed by atoms with van der Waals surface area (Å²) in [5.41, 5.74) is -3.43. The van der Waals surface area contributed by atoms with Crippen LogP contribution in [0.2, 0.25) is 0 Å². The molecule has 0 unspecified atom stereocenters. The van der Waals surface area contributed by atoms with Gasteiger partial charge in [-0.1, -0.05) is 0 Å². The lowest BCUT2D eigenvalue weighted by atomic mass is 9.85. The second kappa shape index (κ2) is 9.52. The van der Waals surface area contributed by atoms with E-state index in [1.54, 1.807) is 20.8 Å². The summed E-state index contributed by atoms with van der Waals surface area (Å²) in [6.45, 7) is 4.65. The molecule has 0 radical (unpaired) electrons. The third-order valence-corrected chi connectivity index (χ3v) is 6.35. The number of piperidine rings is 1. The normalized spacial score (nSPS) is 17.9. The van der Waals surface area contributed by atoms with E-state index in [-0.39, 0.29) is 31.5 Å². The molecule has 204 valence electrons. The van der Waals surface area contributed by atoms with Crippen LogP contribution in [0.3, 0.4) is 0 Å². The Morgan fingerprint density at radius 1 is 1.03 bits per heavy atom. The number of likely N-dealkylation sites (tertiary alicyclic amines) is 1. The van der Waals surface area contributed by atoms with Crippen molar-refractivity contribution in [2.24, 2.45) is 0 Å². The number of pyridine rings is 1. The fraction of sp³-hybridized carbons (Fsp3) is 0.440. The molecule has 4 rings (SSSR count). The first-order valence-electron chi connectivity index (χ1n) is 11.7. The minimum Gasteiger partial charge on any atom is -0.444 e. The Balaban J connectivity index is 1.70. The van der Waals surface area contributed by atoms with Crippen molar-refractivity contribution in [3.8, 4) is 0 Å². The maximum Gasteiger partial charge on any atom is 0.416 e. The Morgan fingerprint density at radius 2 is 1.63 bits per heavy atom. The highest BCUT2D eigenvalue weighted by atomic mass is 19.4. The highest BCUT2D eigenvalue weighted by Gasteiger charge is 2.59. The molecule has 2 saturated heterocycles. The lowest BCUT2D eigenvalue weighted by Crippen LogP contribution is -2.57. The smallest absolute Gasteiger partial charge is 0.416 e. The minimum absolute atomic E-state index is 0.00813. The summed E-state index contributed by atoms with van der Waals surface area (Å²) in [6, 6.07) is 2.94. The Bertz CT molecular complexity index is 1250. The number of imide groups is 1. The van der Waals surface area contributed by atoms with Gasteiger partial charge in [-0.3, -0.25) is 4.79 Å². The molecule has 0 N–H and O–H groups in total. The Hall–Kier alpha value is -3.77. The molecular weight excluding hydrogens is 515 g/mol. The molecule has 1 spiro atoms. The first-order chi connectivity index (χ1) is 17.6. The van der Waals surface area contributed by atoms with Crippen LogP contribution in [0.1, 0.15) is 44.7 Å². The molecular formula is C25H25F5N4O4. The number of amides is 4. The van der Waals surface area contributed by atoms with Gasteiger partial charge < -0.3 is 14.5 Å². The number of rotatable bonds is 3. The molecule has 2 aromatic rings. The number of anilines is 1. The standard InChI is InChI=1S/C25H25F5N4O4/c1-23(2,3)38-22(37)32-8-5-24(6-9-32)20(35)34(19-12-16(4-7-31-19)25(28,29)30)21(36)33(24)14-15-10-17(26)13-18(27)11-15/h4,7,10-13H,5-6,8-9,14H2,1-3H3. The molecule has 8 nitrogen and oxygen atoms in total. The molecule has 3 heterocycles. The van der Waals surface area contributed by atoms with Crippen LogP contribution in [0.4, 0.5) is 37.4 Å². The van der Waals surface area contributed by atoms with Crippen LogP contribution in [-0.4, -0.2) is 57.0 Å². The molecule has 2 aliphatic heterocycles. The second-order valence-electron chi connectivity index (χ2n) is 10.2. The van der Waals surface area contributed by atoms with Gasteiger partial charge in [0.25, 0.3) is 5.91 Å². The number of carbonyl (C=O) groups is 3. The topological polar surface area (TPSA) is 83.0 Å². The highest BCUT2D eigenvalue weighted by Crippen LogP contribution is 2.41. The third kappa shape index (κ3) is 5.27. The number of hydrogen-bond donors (Lipinski definition) is 0. The van der Waals surface area contributed by atoms with Crippen molar-refractivity contribution in [3.63, 3.8) is 0 Å². The van der Waals surface area contributed by atoms with E-state index in [9.17, 15) is 36.3 Å². The average Bonchev–Trinajstić information content (AvgIpc) is 2.98. The first-order valence-corrected chi connectivity index (χ1v) is 11.7. The van der Waals surface area contributed by atoms with E-state index < -0.39 is 64.9 Å². The lowest BCUT2D eigenvalue weighted by Gasteiger charge is -2.42. The number of benzene rings is 1. The van der Waals surface area contributed by atoms with Crippen LogP contribution in [-0.2, 0) is 22.3 Å². The number of nitrogens with zero attached hydrogens (tertiary/aromatic N) is 4. The fourth-order valence-corrected chi connectivity index (χ4v) is 4.61. The van der Waals surface area contributed by atoms with E-state index in [0.717, 1.165) is 23.2 Å². The van der Waals surface area contributed by atoms with Gasteiger partial charge in [0, 0.05) is 31.9 Å². The van der Waals surface area contributed by atoms with Gasteiger partial charge in [-0.25, -0.2) is 28.3 Å². The van der Waals surface area contributed by atoms with Gasteiger partial charge in [-0.2, -0.15) is 13.2 Å². The number of aromatic nitrogens is 1. The SMILES string of the molecule is CC(C)(C)OC(=O)N1CCC2(CC1)C(=O)N(c1cc(C(F)(F)F)ccn1)C(=O)N2Cc1cc(F)cc(F)c1. The van der Waals surface area contributed by atoms with Crippen LogP contribution in [0.5, 0.6) is 0 Å². The number of urea groups is 1. The van der Waals surface area contributed by atoms with Crippen molar-refractivity contribution >= 4 is 23.8 Å². The fourth-order valence-electron chi connectivity index (χ4n) is 4.61. The lowest BCUT2D eigenvalue weighted by molar-refractivity contribution is -0.137. The highest BCUT2D eigenvalue weighted by molar-refractivity contribution is 6.22. The summed E-state index contributed by atoms with van der Waals surface area (Å²) in [5, 5.41) is 0. The summed E-state index contributed by atoms with van der Waals surface area (Å²) >= 11 is 0. The zero-order chi connectivity index (χ0) is 28.0. The molecule has 0 saturated carbocycles. The van der Waals surface area contributed by atoms with Crippen LogP contribution in [0, 0.1) is 11.6 Å². The number of hydrogen-bond acceptors (Lipinski definition) is 5. The molecule has 0 atom stereocenters. The van der Waals surface area contributed by atoms with Crippen LogP contribution < -0.4 is 4.90 Å². The van der Waals surface area contributed by atoms with E-state index >= 15 is 0 Å². The van der Waals surface area contributed by atoms with Gasteiger partial charge in [0.1, 0.15) is 28.6 Å². The van der Waals surface area contributed by atoms with E-state index in [0.29, 0.717) is 23.1 Å². The second-order valence-corrected chi connectivity index (χ2v) is 10.2. The van der Waals surface area contributed by atoms with Crippen LogP contribution in [0.25, 0.3) is 0 Å². The van der Waals surface area contributed by atoms with Crippen molar-refractivity contribution in [2.75, 3.05) is 18.0 Å². The maximum absolute atomic E-state index is 13.9. The van der Waals surface area contributed by atoms with Gasteiger partial charge in [-0.05, 0) is 63.4 Å². The van der Waals surface area contributed by atoms with E-state index in [2.05, 4.69) is 4.98 Å². The van der Waals surface area contributed by atoms with Crippen molar-refractivity contribution in [1.29, 1.82) is 0 Å². The average molecular weight is 540 g/mol. The largest absolute Gasteiger partial charge is 0.444 e. The van der Waals surface area contributed by atoms with Crippen molar-refractivity contribution < 1.29 is 41.1 Å². The van der Waals surface area contributed by atoms with E-state index in [1.807, 2.05) is 0 Å². The summed E-state index contributed by atoms with van der Waals surface area (Å²) in [6.07, 6.45) is -4.70. The van der Waals surface area contributed by atoms with Gasteiger partial charge >= 0.3 is 18.3 Å². The monoisotopic (exact) mass is 540 g/mol. The van der Waals surface area contributed by atoms with Crippen LogP contribution in [0.15, 0.2) is 36.5 Å². The predicted octanol–water partition coefficient (Wildman–Crippen LogP) is 5.12. The summed E-state index contributed by atoms with van der Waals surface area (Å²) in [5.74, 6) is -3.17. The van der Waals surface area contributed by atoms with Crippen molar-refractivity contribution in [3.05, 3.63) is 59.3 Å². The Morgan fingerprint density at radius 3 is 2.18 bits per heavy atom. The van der Waals surface area contributed by atoms with Gasteiger partial charge in [-0.15, -0.1) is 0 Å². The Kier molecular flexibility index (Phi) is 6.83. The molecule has 1 aromatic carbocycles. The summed E-state index contributed by atoms with van der Waals surface area (Å²) < 4.78 is 73.1. The number of halogens is 5. The molecule has 0 bridgehead atoms. The van der Waals surface area contributed by atoms with E-state index in [1.165, 1.54) is 4.90 Å². The number of carbonyl (C=O) groups excluding carboxylic acids is 3. The molecule has 0 aliphatic carbocycles. The first kappa shape index (κ1) is 27.3. The molecule has 13 heteroatoms. The maximum atomic E-state index is 13.9. The minimum atomic E-state index is -4.75. The van der Waals surface area contributed by atoms with Crippen LogP contribution >= 0.6 is 0 Å². The van der Waals surface area contributed by atoms with Gasteiger partial charge in [0.15, 0.2) is 0 Å². The summed E-state index contributed by atoms with van der Waals surface area (Å²) in [7, 11) is 0. The molecule has 1 aromatic heterocycles. The van der Waals surface area contributed by atoms with Crippen molar-refractivity contribution in [2.45, 2.75) is 57.5 Å². The Labute approximate surface area is 215 Å². The predicted molar refractivity (Wildman–Crippen MR) is 124 cm³/mol.